The van der Waals surface area contributed by atoms with Crippen LogP contribution in [-0.4, -0.2) is 30.1 Å². The molecule has 0 atom stereocenters. The largest absolute Gasteiger partial charge is 0.439 e. The summed E-state index contributed by atoms with van der Waals surface area (Å²) in [5.41, 5.74) is 1.75. The van der Waals surface area contributed by atoms with Crippen molar-refractivity contribution in [2.75, 3.05) is 19.0 Å². The van der Waals surface area contributed by atoms with Gasteiger partial charge in [-0.3, -0.25) is 0 Å². The van der Waals surface area contributed by atoms with Crippen LogP contribution in [0.1, 0.15) is 11.1 Å². The molecule has 0 aliphatic rings. The smallest absolute Gasteiger partial charge is 0.315 e. The van der Waals surface area contributed by atoms with Gasteiger partial charge in [-0.1, -0.05) is 12.1 Å². The predicted octanol–water partition coefficient (Wildman–Crippen LogP) is 3.47. The number of nitrogens with zero attached hydrogens (tertiary/aromatic N) is 3. The Balaban J connectivity index is 1.47. The SMILES string of the molecule is CN(C)c1ncccc1CNC(=O)NCc1ccc(Oc2ccc(F)cc2)nc1. The molecule has 7 nitrogen and oxygen atoms in total. The lowest BCUT2D eigenvalue weighted by Crippen LogP contribution is -2.35. The second-order valence-electron chi connectivity index (χ2n) is 6.48. The van der Waals surface area contributed by atoms with Gasteiger partial charge in [-0.2, -0.15) is 0 Å². The molecule has 3 aromatic rings. The van der Waals surface area contributed by atoms with E-state index in [-0.39, 0.29) is 11.8 Å². The van der Waals surface area contributed by atoms with Crippen molar-refractivity contribution < 1.29 is 13.9 Å². The highest BCUT2D eigenvalue weighted by Crippen LogP contribution is 2.19. The first-order valence-electron chi connectivity index (χ1n) is 9.02. The first-order valence-corrected chi connectivity index (χ1v) is 9.02. The maximum atomic E-state index is 12.9. The van der Waals surface area contributed by atoms with Crippen LogP contribution in [0.3, 0.4) is 0 Å². The first-order chi connectivity index (χ1) is 14.0. The first kappa shape index (κ1) is 20.1. The summed E-state index contributed by atoms with van der Waals surface area (Å²) < 4.78 is 18.5. The predicted molar refractivity (Wildman–Crippen MR) is 108 cm³/mol. The maximum absolute atomic E-state index is 12.9. The highest BCUT2D eigenvalue weighted by atomic mass is 19.1. The summed E-state index contributed by atoms with van der Waals surface area (Å²) in [5.74, 6) is 1.37. The van der Waals surface area contributed by atoms with Gasteiger partial charge in [-0.25, -0.2) is 19.2 Å². The Kier molecular flexibility index (Phi) is 6.57. The number of ether oxygens (including phenoxy) is 1. The molecule has 0 aliphatic carbocycles. The van der Waals surface area contributed by atoms with Gasteiger partial charge in [0.2, 0.25) is 5.88 Å². The molecule has 29 heavy (non-hydrogen) atoms. The monoisotopic (exact) mass is 395 g/mol. The molecule has 3 rings (SSSR count). The third-order valence-electron chi connectivity index (χ3n) is 4.02. The van der Waals surface area contributed by atoms with Crippen molar-refractivity contribution in [3.63, 3.8) is 0 Å². The van der Waals surface area contributed by atoms with E-state index >= 15 is 0 Å². The third kappa shape index (κ3) is 5.90. The van der Waals surface area contributed by atoms with Crippen LogP contribution in [0.15, 0.2) is 60.9 Å². The Morgan fingerprint density at radius 3 is 2.48 bits per heavy atom. The minimum Gasteiger partial charge on any atom is -0.439 e. The van der Waals surface area contributed by atoms with Crippen molar-refractivity contribution in [1.82, 2.24) is 20.6 Å². The van der Waals surface area contributed by atoms with Crippen LogP contribution in [0.25, 0.3) is 0 Å². The van der Waals surface area contributed by atoms with Crippen LogP contribution in [0.5, 0.6) is 11.6 Å². The number of amides is 2. The van der Waals surface area contributed by atoms with Crippen molar-refractivity contribution in [1.29, 1.82) is 0 Å². The van der Waals surface area contributed by atoms with Crippen LogP contribution in [0.4, 0.5) is 15.0 Å². The average Bonchev–Trinajstić information content (AvgIpc) is 2.73. The molecule has 2 aromatic heterocycles. The number of hydrogen-bond donors (Lipinski definition) is 2. The zero-order valence-electron chi connectivity index (χ0n) is 16.2. The molecule has 0 bridgehead atoms. The van der Waals surface area contributed by atoms with Crippen LogP contribution < -0.4 is 20.3 Å². The Hall–Kier alpha value is -3.68. The van der Waals surface area contributed by atoms with E-state index in [4.69, 9.17) is 4.74 Å². The number of benzene rings is 1. The lowest BCUT2D eigenvalue weighted by molar-refractivity contribution is 0.240. The Morgan fingerprint density at radius 2 is 1.79 bits per heavy atom. The molecule has 1 aromatic carbocycles. The number of halogens is 1. The van der Waals surface area contributed by atoms with E-state index in [1.807, 2.05) is 31.1 Å². The van der Waals surface area contributed by atoms with Crippen molar-refractivity contribution in [2.45, 2.75) is 13.1 Å². The topological polar surface area (TPSA) is 79.4 Å². The van der Waals surface area contributed by atoms with Crippen LogP contribution in [0, 0.1) is 5.82 Å². The standard InChI is InChI=1S/C21H22FN5O2/c1-27(2)20-16(4-3-11-23-20)14-26-21(28)25-13-15-5-10-19(24-12-15)29-18-8-6-17(22)7-9-18/h3-12H,13-14H2,1-2H3,(H2,25,26,28). The number of aromatic nitrogens is 2. The lowest BCUT2D eigenvalue weighted by Gasteiger charge is -2.16. The van der Waals surface area contributed by atoms with Crippen LogP contribution in [-0.2, 0) is 13.1 Å². The van der Waals surface area contributed by atoms with E-state index in [0.29, 0.717) is 24.7 Å². The van der Waals surface area contributed by atoms with Crippen molar-refractivity contribution in [2.24, 2.45) is 0 Å². The number of urea groups is 1. The highest BCUT2D eigenvalue weighted by molar-refractivity contribution is 5.74. The summed E-state index contributed by atoms with van der Waals surface area (Å²) in [6.07, 6.45) is 3.33. The van der Waals surface area contributed by atoms with Gasteiger partial charge in [0.15, 0.2) is 0 Å². The van der Waals surface area contributed by atoms with Gasteiger partial charge in [0.25, 0.3) is 0 Å². The van der Waals surface area contributed by atoms with E-state index < -0.39 is 0 Å². The summed E-state index contributed by atoms with van der Waals surface area (Å²) in [6, 6.07) is 12.7. The number of anilines is 1. The van der Waals surface area contributed by atoms with Crippen LogP contribution in [0.2, 0.25) is 0 Å². The van der Waals surface area contributed by atoms with Gasteiger partial charge < -0.3 is 20.3 Å². The van der Waals surface area contributed by atoms with Gasteiger partial charge in [0.1, 0.15) is 17.4 Å². The van der Waals surface area contributed by atoms with E-state index in [2.05, 4.69) is 20.6 Å². The molecule has 0 fully saturated rings. The third-order valence-corrected chi connectivity index (χ3v) is 4.02. The Morgan fingerprint density at radius 1 is 1.03 bits per heavy atom. The van der Waals surface area contributed by atoms with Gasteiger partial charge in [0.05, 0.1) is 0 Å². The van der Waals surface area contributed by atoms with Gasteiger partial charge in [0, 0.05) is 51.2 Å². The van der Waals surface area contributed by atoms with Crippen molar-refractivity contribution in [3.05, 3.63) is 77.9 Å². The summed E-state index contributed by atoms with van der Waals surface area (Å²) >= 11 is 0. The van der Waals surface area contributed by atoms with Gasteiger partial charge in [-0.15, -0.1) is 0 Å². The summed E-state index contributed by atoms with van der Waals surface area (Å²) in [4.78, 5) is 22.5. The molecule has 2 heterocycles. The van der Waals surface area contributed by atoms with E-state index in [9.17, 15) is 9.18 Å². The molecule has 0 spiro atoms. The fourth-order valence-corrected chi connectivity index (χ4v) is 2.59. The number of carbonyl (C=O) groups is 1. The minimum absolute atomic E-state index is 0.287. The Labute approximate surface area is 168 Å². The molecule has 8 heteroatoms. The molecule has 0 unspecified atom stereocenters. The number of nitrogens with one attached hydrogen (secondary N) is 2. The summed E-state index contributed by atoms with van der Waals surface area (Å²) in [7, 11) is 3.81. The van der Waals surface area contributed by atoms with E-state index in [0.717, 1.165) is 16.9 Å². The average molecular weight is 395 g/mol. The van der Waals surface area contributed by atoms with Crippen LogP contribution >= 0.6 is 0 Å². The fourth-order valence-electron chi connectivity index (χ4n) is 2.59. The van der Waals surface area contributed by atoms with Gasteiger partial charge in [-0.05, 0) is 35.9 Å². The number of carbonyl (C=O) groups excluding carboxylic acids is 1. The molecule has 0 saturated carbocycles. The molecule has 2 amide bonds. The Bertz CT molecular complexity index is 946. The number of pyridine rings is 2. The molecular formula is C21H22FN5O2. The quantitative estimate of drug-likeness (QED) is 0.640. The molecule has 2 N–H and O–H groups in total. The number of hydrogen-bond acceptors (Lipinski definition) is 5. The van der Waals surface area contributed by atoms with E-state index in [1.54, 1.807) is 24.5 Å². The van der Waals surface area contributed by atoms with E-state index in [1.165, 1.54) is 24.3 Å². The summed E-state index contributed by atoms with van der Waals surface area (Å²) in [6.45, 7) is 0.694. The second kappa shape index (κ2) is 9.50. The zero-order valence-corrected chi connectivity index (χ0v) is 16.2. The lowest BCUT2D eigenvalue weighted by atomic mass is 10.2. The molecule has 0 radical (unpaired) electrons. The fraction of sp³-hybridized carbons (Fsp3) is 0.190. The molecule has 0 aliphatic heterocycles. The maximum Gasteiger partial charge on any atom is 0.315 e. The number of rotatable bonds is 7. The zero-order chi connectivity index (χ0) is 20.6. The summed E-state index contributed by atoms with van der Waals surface area (Å²) in [5, 5.41) is 5.61. The highest BCUT2D eigenvalue weighted by Gasteiger charge is 2.07. The van der Waals surface area contributed by atoms with Crippen molar-refractivity contribution in [3.8, 4) is 11.6 Å². The molecular weight excluding hydrogens is 373 g/mol. The normalized spacial score (nSPS) is 10.3. The van der Waals surface area contributed by atoms with Crippen molar-refractivity contribution >= 4 is 11.8 Å². The minimum atomic E-state index is -0.327. The second-order valence-corrected chi connectivity index (χ2v) is 6.48. The molecule has 150 valence electrons. The van der Waals surface area contributed by atoms with Gasteiger partial charge >= 0.3 is 6.03 Å². The molecule has 0 saturated heterocycles.